The Balaban J connectivity index is 1.01. The Labute approximate surface area is 361 Å². The maximum absolute atomic E-state index is 6.88. The number of aromatic nitrogens is 4. The number of ether oxygens (including phenoxy) is 2. The fraction of sp³-hybridized carbons (Fsp3) is 0.127. The van der Waals surface area contributed by atoms with Crippen LogP contribution in [0, 0.1) is 6.33 Å². The molecule has 0 N–H and O–H groups in total. The zero-order chi connectivity index (χ0) is 41.9. The van der Waals surface area contributed by atoms with Crippen molar-refractivity contribution in [2.75, 3.05) is 0 Å². The number of para-hydroxylation sites is 4. The van der Waals surface area contributed by atoms with Crippen LogP contribution in [-0.2, 0) is 10.8 Å². The molecule has 12 rings (SSSR count). The summed E-state index contributed by atoms with van der Waals surface area (Å²) < 4.78 is 20.0. The van der Waals surface area contributed by atoms with E-state index in [4.69, 9.17) is 14.5 Å². The van der Waals surface area contributed by atoms with Crippen molar-refractivity contribution < 1.29 is 14.0 Å². The predicted octanol–water partition coefficient (Wildman–Crippen LogP) is 10.6. The van der Waals surface area contributed by atoms with Crippen LogP contribution in [0.1, 0.15) is 51.3 Å². The average molecular weight is 803 g/mol. The lowest BCUT2D eigenvalue weighted by molar-refractivity contribution is -0.572. The Hall–Kier alpha value is -7.38. The van der Waals surface area contributed by atoms with Gasteiger partial charge < -0.3 is 9.47 Å². The minimum Gasteiger partial charge on any atom is -0.458 e. The van der Waals surface area contributed by atoms with Gasteiger partial charge in [-0.2, -0.15) is 0 Å². The second-order valence-electron chi connectivity index (χ2n) is 18.2. The molecule has 3 aromatic heterocycles. The molecule has 0 saturated heterocycles. The lowest BCUT2D eigenvalue weighted by Crippen LogP contribution is -2.54. The summed E-state index contributed by atoms with van der Waals surface area (Å²) >= 11 is 0. The highest BCUT2D eigenvalue weighted by atomic mass is 16.5. The Bertz CT molecular complexity index is 3400. The van der Waals surface area contributed by atoms with Gasteiger partial charge in [-0.3, -0.25) is 13.7 Å². The summed E-state index contributed by atoms with van der Waals surface area (Å²) in [6, 6.07) is 58.1. The molecule has 62 heavy (non-hydrogen) atoms. The molecule has 0 bridgehead atoms. The maximum atomic E-state index is 6.88. The third-order valence-electron chi connectivity index (χ3n) is 13.1. The highest BCUT2D eigenvalue weighted by Crippen LogP contribution is 2.45. The van der Waals surface area contributed by atoms with Crippen molar-refractivity contribution in [3.05, 3.63) is 193 Å². The first kappa shape index (κ1) is 36.5. The van der Waals surface area contributed by atoms with E-state index in [1.54, 1.807) is 0 Å². The molecule has 2 aliphatic rings. The van der Waals surface area contributed by atoms with Crippen LogP contribution in [0.2, 0.25) is 0 Å². The van der Waals surface area contributed by atoms with E-state index >= 15 is 0 Å². The molecule has 0 spiro atoms. The average Bonchev–Trinajstić information content (AvgIpc) is 3.84. The molecule has 5 heterocycles. The van der Waals surface area contributed by atoms with E-state index in [1.165, 1.54) is 22.2 Å². The van der Waals surface area contributed by atoms with Crippen molar-refractivity contribution in [1.82, 2.24) is 14.1 Å². The highest BCUT2D eigenvalue weighted by Gasteiger charge is 2.36. The Morgan fingerprint density at radius 2 is 1.39 bits per heavy atom. The van der Waals surface area contributed by atoms with Crippen LogP contribution in [-0.4, -0.2) is 20.8 Å². The minimum absolute atomic E-state index is 0.0193. The fourth-order valence-corrected chi connectivity index (χ4v) is 9.96. The molecule has 2 aliphatic heterocycles. The lowest BCUT2D eigenvalue weighted by Gasteiger charge is -2.34. The van der Waals surface area contributed by atoms with Gasteiger partial charge in [-0.05, 0) is 99.8 Å². The van der Waals surface area contributed by atoms with E-state index in [9.17, 15) is 0 Å². The van der Waals surface area contributed by atoms with Crippen LogP contribution < -0.4 is 30.4 Å². The summed E-state index contributed by atoms with van der Waals surface area (Å²) in [6.45, 7) is 11.4. The number of fused-ring (bicyclic) bond motifs is 7. The number of benzene rings is 7. The molecule has 6 nitrogen and oxygen atoms in total. The standard InChI is InChI=1S/C55H43BN4O2/c1-54(2,3)35-28-29-57-52(30-35)60-46-27-22-36(56-44-17-9-11-20-50(44)62-51-21-12-10-18-45(51)56)31-41(46)40-25-23-38(32-48(40)60)61-39-24-26-42-49(33-39)59-34-58(37-14-7-6-8-15-37)47-19-13-16-43(53(47)59)55(42,4)5/h6-33H,1-5H3. The van der Waals surface area contributed by atoms with Crippen LogP contribution in [0.3, 0.4) is 0 Å². The van der Waals surface area contributed by atoms with Crippen LogP contribution in [0.5, 0.6) is 23.0 Å². The van der Waals surface area contributed by atoms with Crippen LogP contribution in [0.4, 0.5) is 0 Å². The molecule has 0 radical (unpaired) electrons. The molecule has 0 amide bonds. The minimum atomic E-state index is -0.230. The van der Waals surface area contributed by atoms with E-state index < -0.39 is 0 Å². The number of imidazole rings is 1. The van der Waals surface area contributed by atoms with Crippen molar-refractivity contribution in [1.29, 1.82) is 0 Å². The maximum Gasteiger partial charge on any atom is 0.269 e. The third kappa shape index (κ3) is 5.50. The van der Waals surface area contributed by atoms with Gasteiger partial charge in [-0.15, -0.1) is 0 Å². The molecule has 0 saturated carbocycles. The zero-order valence-corrected chi connectivity index (χ0v) is 35.3. The quantitative estimate of drug-likeness (QED) is 0.0989. The predicted molar refractivity (Wildman–Crippen MR) is 251 cm³/mol. The van der Waals surface area contributed by atoms with Gasteiger partial charge in [0.1, 0.15) is 28.8 Å². The van der Waals surface area contributed by atoms with E-state index in [-0.39, 0.29) is 17.5 Å². The van der Waals surface area contributed by atoms with E-state index in [2.05, 4.69) is 200 Å². The molecule has 7 heteroatoms. The van der Waals surface area contributed by atoms with Crippen LogP contribution >= 0.6 is 0 Å². The summed E-state index contributed by atoms with van der Waals surface area (Å²) in [4.78, 5) is 5.00. The van der Waals surface area contributed by atoms with Gasteiger partial charge in [-0.25, -0.2) is 4.98 Å². The van der Waals surface area contributed by atoms with Crippen molar-refractivity contribution >= 4 is 55.9 Å². The summed E-state index contributed by atoms with van der Waals surface area (Å²) in [5.41, 5.74) is 13.5. The van der Waals surface area contributed by atoms with Crippen molar-refractivity contribution in [3.63, 3.8) is 0 Å². The first-order valence-corrected chi connectivity index (χ1v) is 21.4. The van der Waals surface area contributed by atoms with Gasteiger partial charge in [0.15, 0.2) is 0 Å². The van der Waals surface area contributed by atoms with Crippen LogP contribution in [0.25, 0.3) is 50.0 Å². The molecular formula is C55H43BN4O2. The molecule has 10 aromatic rings. The van der Waals surface area contributed by atoms with Gasteiger partial charge in [-0.1, -0.05) is 131 Å². The van der Waals surface area contributed by atoms with Crippen molar-refractivity contribution in [2.24, 2.45) is 0 Å². The van der Waals surface area contributed by atoms with Crippen LogP contribution in [0.15, 0.2) is 170 Å². The summed E-state index contributed by atoms with van der Waals surface area (Å²) in [7, 11) is 0. The number of nitrogens with zero attached hydrogens (tertiary/aromatic N) is 4. The Morgan fingerprint density at radius 1 is 0.661 bits per heavy atom. The van der Waals surface area contributed by atoms with E-state index in [1.807, 2.05) is 24.4 Å². The number of hydrogen-bond acceptors (Lipinski definition) is 3. The molecule has 7 aromatic carbocycles. The van der Waals surface area contributed by atoms with Gasteiger partial charge in [0.25, 0.3) is 13.0 Å². The number of rotatable bonds is 5. The fourth-order valence-electron chi connectivity index (χ4n) is 9.96. The second-order valence-corrected chi connectivity index (χ2v) is 18.2. The Morgan fingerprint density at radius 3 is 2.16 bits per heavy atom. The smallest absolute Gasteiger partial charge is 0.269 e. The first-order valence-electron chi connectivity index (χ1n) is 21.4. The van der Waals surface area contributed by atoms with Gasteiger partial charge >= 0.3 is 0 Å². The summed E-state index contributed by atoms with van der Waals surface area (Å²) in [5, 5.41) is 2.28. The van der Waals surface area contributed by atoms with E-state index in [0.29, 0.717) is 0 Å². The molecule has 298 valence electrons. The largest absolute Gasteiger partial charge is 0.458 e. The van der Waals surface area contributed by atoms with Gasteiger partial charge in [0, 0.05) is 28.5 Å². The van der Waals surface area contributed by atoms with Crippen molar-refractivity contribution in [3.8, 4) is 40.2 Å². The van der Waals surface area contributed by atoms with E-state index in [0.717, 1.165) is 84.0 Å². The number of hydrogen-bond donors (Lipinski definition) is 0. The zero-order valence-electron chi connectivity index (χ0n) is 35.3. The second kappa shape index (κ2) is 13.3. The Kier molecular flexibility index (Phi) is 7.83. The van der Waals surface area contributed by atoms with Gasteiger partial charge in [0.2, 0.25) is 0 Å². The highest BCUT2D eigenvalue weighted by molar-refractivity contribution is 6.97. The number of pyridine rings is 1. The molecule has 0 unspecified atom stereocenters. The molecule has 0 atom stereocenters. The molecule has 0 aliphatic carbocycles. The lowest BCUT2D eigenvalue weighted by atomic mass is 9.36. The van der Waals surface area contributed by atoms with Gasteiger partial charge in [0.05, 0.1) is 33.4 Å². The topological polar surface area (TPSA) is 45.1 Å². The summed E-state index contributed by atoms with van der Waals surface area (Å²) in [5.74, 6) is 4.17. The third-order valence-corrected chi connectivity index (χ3v) is 13.1. The summed E-state index contributed by atoms with van der Waals surface area (Å²) in [6.07, 6.45) is 5.64. The normalized spacial score (nSPS) is 13.8. The molecular weight excluding hydrogens is 759 g/mol. The SMILES string of the molecule is CC(C)(C)c1ccnc(-n2c3ccc(B4c5ccccc5Oc5ccccc54)cc3c3ccc(Oc4ccc5c(c4)-n4[c-][n+](-c6ccccc6)c6cccc(c64)C5(C)C)cc32)c1. The van der Waals surface area contributed by atoms with Crippen molar-refractivity contribution in [2.45, 2.75) is 45.4 Å². The molecule has 0 fully saturated rings. The monoisotopic (exact) mass is 802 g/mol. The first-order chi connectivity index (χ1) is 30.1.